The van der Waals surface area contributed by atoms with E-state index in [4.69, 9.17) is 14.6 Å². The number of ether oxygens (including phenoxy) is 2. The molecule has 2 aromatic rings. The average molecular weight is 288 g/mol. The number of carbonyl (C=O) groups excluding carboxylic acids is 1. The molecule has 1 atom stereocenters. The molecule has 0 aliphatic carbocycles. The first kappa shape index (κ1) is 14.9. The summed E-state index contributed by atoms with van der Waals surface area (Å²) in [7, 11) is 0. The zero-order chi connectivity index (χ0) is 15.1. The van der Waals surface area contributed by atoms with Crippen molar-refractivity contribution in [3.8, 4) is 11.5 Å². The Bertz CT molecular complexity index is 565. The molecule has 5 nitrogen and oxygen atoms in total. The Hall–Kier alpha value is -2.53. The van der Waals surface area contributed by atoms with Crippen molar-refractivity contribution >= 4 is 5.97 Å². The summed E-state index contributed by atoms with van der Waals surface area (Å²) in [5.74, 6) is 0.151. The van der Waals surface area contributed by atoms with E-state index in [0.29, 0.717) is 11.3 Å². The minimum Gasteiger partial charge on any atom is -0.508 e. The molecule has 2 rings (SSSR count). The Balaban J connectivity index is 1.74. The molecule has 2 N–H and O–H groups in total. The fraction of sp³-hybridized carbons (Fsp3) is 0.188. The van der Waals surface area contributed by atoms with Crippen LogP contribution in [-0.4, -0.2) is 35.5 Å². The van der Waals surface area contributed by atoms with E-state index in [0.717, 1.165) is 0 Å². The second kappa shape index (κ2) is 7.31. The van der Waals surface area contributed by atoms with E-state index in [-0.39, 0.29) is 19.0 Å². The molecule has 0 spiro atoms. The van der Waals surface area contributed by atoms with Crippen LogP contribution in [-0.2, 0) is 4.74 Å². The monoisotopic (exact) mass is 288 g/mol. The van der Waals surface area contributed by atoms with Crippen LogP contribution in [0.2, 0.25) is 0 Å². The Kier molecular flexibility index (Phi) is 5.17. The molecular weight excluding hydrogens is 272 g/mol. The van der Waals surface area contributed by atoms with Gasteiger partial charge in [-0.25, -0.2) is 4.79 Å². The number of carbonyl (C=O) groups is 1. The zero-order valence-electron chi connectivity index (χ0n) is 11.3. The lowest BCUT2D eigenvalue weighted by atomic mass is 10.2. The predicted octanol–water partition coefficient (Wildman–Crippen LogP) is 1.99. The van der Waals surface area contributed by atoms with Gasteiger partial charge in [-0.1, -0.05) is 18.2 Å². The van der Waals surface area contributed by atoms with Crippen LogP contribution in [0.15, 0.2) is 54.6 Å². The number of esters is 1. The molecule has 0 aliphatic heterocycles. The van der Waals surface area contributed by atoms with Crippen LogP contribution < -0.4 is 4.74 Å². The minimum absolute atomic E-state index is 0.0346. The van der Waals surface area contributed by atoms with Crippen LogP contribution in [0, 0.1) is 0 Å². The van der Waals surface area contributed by atoms with Crippen molar-refractivity contribution in [3.05, 3.63) is 60.2 Å². The molecule has 0 radical (unpaired) electrons. The lowest BCUT2D eigenvalue weighted by molar-refractivity contribution is 0.0130. The van der Waals surface area contributed by atoms with Crippen molar-refractivity contribution < 1.29 is 24.5 Å². The maximum Gasteiger partial charge on any atom is 0.338 e. The Morgan fingerprint density at radius 1 is 1.00 bits per heavy atom. The van der Waals surface area contributed by atoms with Gasteiger partial charge in [0.25, 0.3) is 0 Å². The van der Waals surface area contributed by atoms with E-state index in [9.17, 15) is 9.90 Å². The van der Waals surface area contributed by atoms with Gasteiger partial charge in [-0.05, 0) is 36.4 Å². The van der Waals surface area contributed by atoms with Gasteiger partial charge in [0.1, 0.15) is 30.8 Å². The van der Waals surface area contributed by atoms with E-state index in [1.807, 2.05) is 18.2 Å². The second-order valence-corrected chi connectivity index (χ2v) is 4.42. The smallest absolute Gasteiger partial charge is 0.338 e. The maximum absolute atomic E-state index is 11.7. The molecule has 110 valence electrons. The molecule has 0 fully saturated rings. The van der Waals surface area contributed by atoms with Crippen molar-refractivity contribution in [1.82, 2.24) is 0 Å². The molecule has 21 heavy (non-hydrogen) atoms. The van der Waals surface area contributed by atoms with E-state index in [2.05, 4.69) is 0 Å². The summed E-state index contributed by atoms with van der Waals surface area (Å²) >= 11 is 0. The fourth-order valence-electron chi connectivity index (χ4n) is 1.61. The normalized spacial score (nSPS) is 11.7. The quantitative estimate of drug-likeness (QED) is 0.795. The molecular formula is C16H16O5. The van der Waals surface area contributed by atoms with Crippen LogP contribution >= 0.6 is 0 Å². The molecule has 0 bridgehead atoms. The predicted molar refractivity (Wildman–Crippen MR) is 76.3 cm³/mol. The van der Waals surface area contributed by atoms with Crippen LogP contribution in [0.5, 0.6) is 11.5 Å². The first-order valence-corrected chi connectivity index (χ1v) is 6.47. The highest BCUT2D eigenvalue weighted by atomic mass is 16.5. The van der Waals surface area contributed by atoms with Gasteiger partial charge in [0.15, 0.2) is 0 Å². The van der Waals surface area contributed by atoms with Crippen molar-refractivity contribution in [2.24, 2.45) is 0 Å². The van der Waals surface area contributed by atoms with Gasteiger partial charge in [0, 0.05) is 0 Å². The van der Waals surface area contributed by atoms with E-state index < -0.39 is 12.1 Å². The van der Waals surface area contributed by atoms with Crippen LogP contribution in [0.3, 0.4) is 0 Å². The van der Waals surface area contributed by atoms with Gasteiger partial charge in [0.05, 0.1) is 5.56 Å². The van der Waals surface area contributed by atoms with Gasteiger partial charge >= 0.3 is 5.97 Å². The maximum atomic E-state index is 11.7. The van der Waals surface area contributed by atoms with Crippen LogP contribution in [0.25, 0.3) is 0 Å². The summed E-state index contributed by atoms with van der Waals surface area (Å²) in [4.78, 5) is 11.7. The van der Waals surface area contributed by atoms with E-state index in [1.165, 1.54) is 24.3 Å². The molecule has 1 unspecified atom stereocenters. The summed E-state index contributed by atoms with van der Waals surface area (Å²) in [6, 6.07) is 14.7. The topological polar surface area (TPSA) is 76.0 Å². The van der Waals surface area contributed by atoms with Gasteiger partial charge in [0.2, 0.25) is 0 Å². The van der Waals surface area contributed by atoms with Crippen molar-refractivity contribution in [2.75, 3.05) is 13.2 Å². The standard InChI is InChI=1S/C16H16O5/c17-13-8-6-12(7-9-13)16(19)21-11-14(18)10-20-15-4-2-1-3-5-15/h1-9,14,17-18H,10-11H2. The third-order valence-corrected chi connectivity index (χ3v) is 2.70. The first-order valence-electron chi connectivity index (χ1n) is 6.47. The first-order chi connectivity index (χ1) is 10.1. The Morgan fingerprint density at radius 2 is 1.67 bits per heavy atom. The second-order valence-electron chi connectivity index (χ2n) is 4.42. The summed E-state index contributed by atoms with van der Waals surface area (Å²) in [5, 5.41) is 18.8. The summed E-state index contributed by atoms with van der Waals surface area (Å²) < 4.78 is 10.3. The minimum atomic E-state index is -0.911. The number of phenols is 1. The average Bonchev–Trinajstić information content (AvgIpc) is 2.52. The molecule has 2 aromatic carbocycles. The van der Waals surface area contributed by atoms with Crippen molar-refractivity contribution in [3.63, 3.8) is 0 Å². The summed E-state index contributed by atoms with van der Waals surface area (Å²) in [6.45, 7) is -0.126. The van der Waals surface area contributed by atoms with Crippen molar-refractivity contribution in [2.45, 2.75) is 6.10 Å². The SMILES string of the molecule is O=C(OCC(O)COc1ccccc1)c1ccc(O)cc1. The number of rotatable bonds is 6. The van der Waals surface area contributed by atoms with Crippen molar-refractivity contribution in [1.29, 1.82) is 0 Å². The zero-order valence-corrected chi connectivity index (χ0v) is 11.3. The lowest BCUT2D eigenvalue weighted by Crippen LogP contribution is -2.25. The van der Waals surface area contributed by atoms with Gasteiger partial charge in [-0.3, -0.25) is 0 Å². The third kappa shape index (κ3) is 4.81. The highest BCUT2D eigenvalue weighted by Gasteiger charge is 2.11. The van der Waals surface area contributed by atoms with Gasteiger partial charge < -0.3 is 19.7 Å². The summed E-state index contributed by atoms with van der Waals surface area (Å²) in [5.41, 5.74) is 0.309. The fourth-order valence-corrected chi connectivity index (χ4v) is 1.61. The van der Waals surface area contributed by atoms with Gasteiger partial charge in [-0.15, -0.1) is 0 Å². The molecule has 0 aliphatic rings. The summed E-state index contributed by atoms with van der Waals surface area (Å²) in [6.07, 6.45) is -0.911. The third-order valence-electron chi connectivity index (χ3n) is 2.70. The molecule has 0 saturated heterocycles. The number of benzene rings is 2. The molecule has 0 saturated carbocycles. The highest BCUT2D eigenvalue weighted by Crippen LogP contribution is 2.11. The largest absolute Gasteiger partial charge is 0.508 e. The number of aromatic hydroxyl groups is 1. The lowest BCUT2D eigenvalue weighted by Gasteiger charge is -2.12. The molecule has 0 amide bonds. The number of phenolic OH excluding ortho intramolecular Hbond substituents is 1. The molecule has 0 heterocycles. The van der Waals surface area contributed by atoms with Crippen LogP contribution in [0.1, 0.15) is 10.4 Å². The molecule has 0 aromatic heterocycles. The van der Waals surface area contributed by atoms with E-state index >= 15 is 0 Å². The number of para-hydroxylation sites is 1. The Morgan fingerprint density at radius 3 is 2.33 bits per heavy atom. The number of hydrogen-bond donors (Lipinski definition) is 2. The number of hydrogen-bond acceptors (Lipinski definition) is 5. The molecule has 5 heteroatoms. The van der Waals surface area contributed by atoms with Gasteiger partial charge in [-0.2, -0.15) is 0 Å². The highest BCUT2D eigenvalue weighted by molar-refractivity contribution is 5.89. The number of aliphatic hydroxyl groups is 1. The van der Waals surface area contributed by atoms with Crippen LogP contribution in [0.4, 0.5) is 0 Å². The number of aliphatic hydroxyl groups excluding tert-OH is 1. The Labute approximate surface area is 122 Å². The van der Waals surface area contributed by atoms with E-state index in [1.54, 1.807) is 12.1 Å².